The van der Waals surface area contributed by atoms with E-state index < -0.39 is 0 Å². The van der Waals surface area contributed by atoms with E-state index in [1.54, 1.807) is 0 Å². The third-order valence-electron chi connectivity index (χ3n) is 8.08. The average molecular weight is 537 g/mol. The van der Waals surface area contributed by atoms with Gasteiger partial charge in [-0.05, 0) is 59.9 Å². The minimum atomic E-state index is 0.297. The van der Waals surface area contributed by atoms with Crippen LogP contribution in [0.2, 0.25) is 0 Å². The largest absolute Gasteiger partial charge is 0.382 e. The summed E-state index contributed by atoms with van der Waals surface area (Å²) in [4.78, 5) is 2.60. The van der Waals surface area contributed by atoms with Crippen molar-refractivity contribution in [3.05, 3.63) is 150 Å². The fraction of sp³-hybridized carbons (Fsp3) is 0.231. The van der Waals surface area contributed by atoms with Crippen molar-refractivity contribution in [3.8, 4) is 12.3 Å². The molecule has 0 radical (unpaired) electrons. The van der Waals surface area contributed by atoms with E-state index in [9.17, 15) is 0 Å². The first-order chi connectivity index (χ1) is 20.2. The van der Waals surface area contributed by atoms with E-state index in [1.807, 2.05) is 18.2 Å². The van der Waals surface area contributed by atoms with Crippen LogP contribution < -0.4 is 10.2 Å². The molecule has 0 amide bonds. The molecule has 2 heteroatoms. The van der Waals surface area contributed by atoms with Crippen molar-refractivity contribution in [2.75, 3.05) is 16.8 Å². The maximum atomic E-state index is 5.66. The zero-order valence-electron chi connectivity index (χ0n) is 24.2. The SMILES string of the molecule is C#CC/C=C(\C=C/CNc1ccccc1)C1=C[C@H]2C3C=CC=C[C@H]3N(c3ccc(C(/C=C\CC)=C/C)cc3)C2C=C1. The summed E-state index contributed by atoms with van der Waals surface area (Å²) in [5.74, 6) is 3.58. The summed E-state index contributed by atoms with van der Waals surface area (Å²) in [6.45, 7) is 5.03. The molecule has 2 aromatic carbocycles. The van der Waals surface area contributed by atoms with Gasteiger partial charge in [0.25, 0.3) is 0 Å². The molecule has 41 heavy (non-hydrogen) atoms. The number of para-hydroxylation sites is 1. The molecule has 1 heterocycles. The maximum Gasteiger partial charge on any atom is 0.0552 e. The second-order valence-corrected chi connectivity index (χ2v) is 10.6. The highest BCUT2D eigenvalue weighted by molar-refractivity contribution is 5.75. The third-order valence-corrected chi connectivity index (χ3v) is 8.08. The summed E-state index contributed by atoms with van der Waals surface area (Å²) in [7, 11) is 0. The predicted molar refractivity (Wildman–Crippen MR) is 178 cm³/mol. The molecule has 2 aromatic rings. The number of anilines is 2. The summed E-state index contributed by atoms with van der Waals surface area (Å²) in [6, 6.07) is 20.0. The second-order valence-electron chi connectivity index (χ2n) is 10.6. The van der Waals surface area contributed by atoms with Crippen molar-refractivity contribution in [1.82, 2.24) is 0 Å². The van der Waals surface area contributed by atoms with Gasteiger partial charge in [0.15, 0.2) is 0 Å². The van der Waals surface area contributed by atoms with Gasteiger partial charge in [-0.25, -0.2) is 0 Å². The van der Waals surface area contributed by atoms with Crippen LogP contribution in [0.5, 0.6) is 0 Å². The fourth-order valence-corrected chi connectivity index (χ4v) is 6.09. The molecular formula is C39H40N2. The Hall–Kier alpha value is -4.48. The molecule has 1 N–H and O–H groups in total. The van der Waals surface area contributed by atoms with Gasteiger partial charge >= 0.3 is 0 Å². The molecule has 4 atom stereocenters. The predicted octanol–water partition coefficient (Wildman–Crippen LogP) is 9.09. The lowest BCUT2D eigenvalue weighted by molar-refractivity contribution is 0.525. The standard InChI is InChI=1S/C39H40N2/c1-4-7-15-30(6-3)32-22-25-35(26-23-32)41-38-21-13-12-20-36(38)37-29-33(24-27-39(37)41)31(16-8-5-2)17-14-28-40-34-18-10-9-11-19-34/h2,6-7,9-27,29,36-40H,4,8,28H2,1,3H3/b15-7-,17-14-,30-6+,31-16+/t36?,37-,38+,39?/m0/s1. The van der Waals surface area contributed by atoms with E-state index in [4.69, 9.17) is 6.42 Å². The van der Waals surface area contributed by atoms with Crippen molar-refractivity contribution in [2.24, 2.45) is 11.8 Å². The topological polar surface area (TPSA) is 15.3 Å². The van der Waals surface area contributed by atoms with E-state index in [0.717, 1.165) is 18.7 Å². The van der Waals surface area contributed by atoms with Crippen LogP contribution in [0.25, 0.3) is 5.57 Å². The van der Waals surface area contributed by atoms with Crippen LogP contribution >= 0.6 is 0 Å². The van der Waals surface area contributed by atoms with E-state index in [1.165, 1.54) is 28.0 Å². The van der Waals surface area contributed by atoms with Crippen LogP contribution in [0.1, 0.15) is 32.3 Å². The number of nitrogens with one attached hydrogen (secondary N) is 1. The highest BCUT2D eigenvalue weighted by Gasteiger charge is 2.46. The molecule has 1 aliphatic heterocycles. The molecular weight excluding hydrogens is 496 g/mol. The quantitative estimate of drug-likeness (QED) is 0.241. The van der Waals surface area contributed by atoms with E-state index in [0.29, 0.717) is 30.3 Å². The molecule has 0 bridgehead atoms. The summed E-state index contributed by atoms with van der Waals surface area (Å²) < 4.78 is 0. The number of terminal acetylenes is 1. The lowest BCUT2D eigenvalue weighted by atomic mass is 9.80. The minimum absolute atomic E-state index is 0.297. The monoisotopic (exact) mass is 536 g/mol. The Morgan fingerprint density at radius 2 is 1.66 bits per heavy atom. The van der Waals surface area contributed by atoms with Gasteiger partial charge in [0.2, 0.25) is 0 Å². The van der Waals surface area contributed by atoms with Gasteiger partial charge in [0, 0.05) is 36.2 Å². The molecule has 5 rings (SSSR count). The van der Waals surface area contributed by atoms with E-state index in [2.05, 4.69) is 145 Å². The number of hydrogen-bond acceptors (Lipinski definition) is 2. The van der Waals surface area contributed by atoms with Crippen molar-refractivity contribution in [2.45, 2.75) is 38.8 Å². The van der Waals surface area contributed by atoms with Crippen molar-refractivity contribution in [3.63, 3.8) is 0 Å². The number of hydrogen-bond donors (Lipinski definition) is 1. The van der Waals surface area contributed by atoms with Crippen LogP contribution in [0.3, 0.4) is 0 Å². The normalized spacial score (nSPS) is 23.5. The lowest BCUT2D eigenvalue weighted by Crippen LogP contribution is -2.36. The van der Waals surface area contributed by atoms with Gasteiger partial charge in [-0.15, -0.1) is 12.3 Å². The van der Waals surface area contributed by atoms with Gasteiger partial charge in [-0.2, -0.15) is 0 Å². The smallest absolute Gasteiger partial charge is 0.0552 e. The molecule has 0 saturated carbocycles. The van der Waals surface area contributed by atoms with Gasteiger partial charge in [0.05, 0.1) is 12.1 Å². The molecule has 206 valence electrons. The second kappa shape index (κ2) is 13.7. The minimum Gasteiger partial charge on any atom is -0.382 e. The Morgan fingerprint density at radius 3 is 2.41 bits per heavy atom. The van der Waals surface area contributed by atoms with E-state index in [-0.39, 0.29) is 0 Å². The van der Waals surface area contributed by atoms with Gasteiger partial charge in [-0.1, -0.05) is 116 Å². The van der Waals surface area contributed by atoms with Crippen molar-refractivity contribution in [1.29, 1.82) is 0 Å². The van der Waals surface area contributed by atoms with E-state index >= 15 is 0 Å². The number of rotatable bonds is 10. The highest BCUT2D eigenvalue weighted by Crippen LogP contribution is 2.45. The van der Waals surface area contributed by atoms with Gasteiger partial charge < -0.3 is 10.2 Å². The van der Waals surface area contributed by atoms with Gasteiger partial charge in [0.1, 0.15) is 0 Å². The number of fused-ring (bicyclic) bond motifs is 3. The molecule has 2 aliphatic carbocycles. The highest BCUT2D eigenvalue weighted by atomic mass is 15.2. The first kappa shape index (κ1) is 28.1. The average Bonchev–Trinajstić information content (AvgIpc) is 3.35. The zero-order valence-corrected chi connectivity index (χ0v) is 24.2. The van der Waals surface area contributed by atoms with Crippen LogP contribution in [-0.2, 0) is 0 Å². The Labute approximate surface area is 246 Å². The Morgan fingerprint density at radius 1 is 0.902 bits per heavy atom. The number of allylic oxidation sites excluding steroid dienone is 11. The third kappa shape index (κ3) is 6.47. The first-order valence-electron chi connectivity index (χ1n) is 14.8. The Kier molecular flexibility index (Phi) is 9.40. The van der Waals surface area contributed by atoms with Crippen LogP contribution in [-0.4, -0.2) is 18.6 Å². The molecule has 0 spiro atoms. The first-order valence-corrected chi connectivity index (χ1v) is 14.8. The lowest BCUT2D eigenvalue weighted by Gasteiger charge is -2.32. The van der Waals surface area contributed by atoms with Crippen LogP contribution in [0.4, 0.5) is 11.4 Å². The zero-order chi connectivity index (χ0) is 28.4. The summed E-state index contributed by atoms with van der Waals surface area (Å²) in [5, 5.41) is 3.46. The maximum absolute atomic E-state index is 5.66. The van der Waals surface area contributed by atoms with Crippen LogP contribution in [0.15, 0.2) is 145 Å². The van der Waals surface area contributed by atoms with Crippen LogP contribution in [0, 0.1) is 24.2 Å². The molecule has 2 nitrogen and oxygen atoms in total. The summed E-state index contributed by atoms with van der Waals surface area (Å²) >= 11 is 0. The molecule has 3 aliphatic rings. The van der Waals surface area contributed by atoms with Gasteiger partial charge in [-0.3, -0.25) is 0 Å². The number of nitrogens with zero attached hydrogens (tertiary/aromatic N) is 1. The molecule has 2 unspecified atom stereocenters. The van der Waals surface area contributed by atoms with Crippen molar-refractivity contribution < 1.29 is 0 Å². The molecule has 0 aromatic heterocycles. The summed E-state index contributed by atoms with van der Waals surface area (Å²) in [6.07, 6.45) is 36.8. The molecule has 1 saturated heterocycles. The summed E-state index contributed by atoms with van der Waals surface area (Å²) in [5.41, 5.74) is 7.33. The number of benzene rings is 2. The molecule has 1 fully saturated rings. The Bertz CT molecular complexity index is 1470. The fourth-order valence-electron chi connectivity index (χ4n) is 6.09. The Balaban J connectivity index is 1.38. The van der Waals surface area contributed by atoms with Crippen molar-refractivity contribution >= 4 is 16.9 Å².